The van der Waals surface area contributed by atoms with E-state index in [2.05, 4.69) is 18.3 Å². The second kappa shape index (κ2) is 5.48. The van der Waals surface area contributed by atoms with Crippen molar-refractivity contribution in [3.63, 3.8) is 0 Å². The van der Waals surface area contributed by atoms with Crippen molar-refractivity contribution in [1.82, 2.24) is 10.2 Å². The third-order valence-corrected chi connectivity index (χ3v) is 4.31. The second-order valence-corrected chi connectivity index (χ2v) is 5.64. The SMILES string of the molecule is CCC(NC1CC(=O)N(C)C1=O)c1ccc2c(c1)CCO2. The molecular weight excluding hydrogens is 268 g/mol. The molecule has 1 aromatic carbocycles. The molecule has 1 saturated heterocycles. The Labute approximate surface area is 124 Å². The summed E-state index contributed by atoms with van der Waals surface area (Å²) in [4.78, 5) is 24.8. The maximum absolute atomic E-state index is 12.0. The van der Waals surface area contributed by atoms with E-state index in [1.807, 2.05) is 12.1 Å². The Balaban J connectivity index is 1.77. The predicted octanol–water partition coefficient (Wildman–Crippen LogP) is 1.42. The zero-order valence-electron chi connectivity index (χ0n) is 12.4. The van der Waals surface area contributed by atoms with Crippen molar-refractivity contribution in [1.29, 1.82) is 0 Å². The molecule has 2 atom stereocenters. The molecule has 21 heavy (non-hydrogen) atoms. The van der Waals surface area contributed by atoms with Crippen LogP contribution in [0.5, 0.6) is 5.75 Å². The van der Waals surface area contributed by atoms with Crippen LogP contribution in [0.4, 0.5) is 0 Å². The number of nitrogens with one attached hydrogen (secondary N) is 1. The molecule has 2 aliphatic rings. The summed E-state index contributed by atoms with van der Waals surface area (Å²) in [7, 11) is 1.54. The Morgan fingerprint density at radius 1 is 1.43 bits per heavy atom. The summed E-state index contributed by atoms with van der Waals surface area (Å²) in [5.74, 6) is 0.707. The van der Waals surface area contributed by atoms with Gasteiger partial charge in [-0.25, -0.2) is 0 Å². The second-order valence-electron chi connectivity index (χ2n) is 5.64. The highest BCUT2D eigenvalue weighted by atomic mass is 16.5. The zero-order valence-corrected chi connectivity index (χ0v) is 12.4. The molecule has 0 radical (unpaired) electrons. The van der Waals surface area contributed by atoms with Crippen molar-refractivity contribution in [3.8, 4) is 5.75 Å². The van der Waals surface area contributed by atoms with Crippen molar-refractivity contribution >= 4 is 11.8 Å². The minimum atomic E-state index is -0.406. The molecule has 2 amide bonds. The molecule has 1 aromatic rings. The number of amides is 2. The Kier molecular flexibility index (Phi) is 3.68. The summed E-state index contributed by atoms with van der Waals surface area (Å²) in [5.41, 5.74) is 2.37. The number of carbonyl (C=O) groups excluding carboxylic acids is 2. The van der Waals surface area contributed by atoms with Gasteiger partial charge in [0.15, 0.2) is 0 Å². The van der Waals surface area contributed by atoms with E-state index in [4.69, 9.17) is 4.74 Å². The minimum Gasteiger partial charge on any atom is -0.493 e. The molecule has 0 spiro atoms. The van der Waals surface area contributed by atoms with E-state index in [9.17, 15) is 9.59 Å². The summed E-state index contributed by atoms with van der Waals surface area (Å²) in [6.07, 6.45) is 2.05. The number of ether oxygens (including phenoxy) is 1. The van der Waals surface area contributed by atoms with Crippen LogP contribution in [0.3, 0.4) is 0 Å². The van der Waals surface area contributed by atoms with E-state index in [0.717, 1.165) is 30.8 Å². The zero-order chi connectivity index (χ0) is 15.0. The van der Waals surface area contributed by atoms with Gasteiger partial charge in [0.25, 0.3) is 0 Å². The number of likely N-dealkylation sites (tertiary alicyclic amines) is 1. The molecular formula is C16H20N2O3. The maximum Gasteiger partial charge on any atom is 0.246 e. The first-order chi connectivity index (χ1) is 10.1. The average molecular weight is 288 g/mol. The predicted molar refractivity (Wildman–Crippen MR) is 78.0 cm³/mol. The highest BCUT2D eigenvalue weighted by molar-refractivity contribution is 6.05. The lowest BCUT2D eigenvalue weighted by molar-refractivity contribution is -0.137. The molecule has 0 bridgehead atoms. The van der Waals surface area contributed by atoms with E-state index >= 15 is 0 Å². The summed E-state index contributed by atoms with van der Waals surface area (Å²) in [6, 6.07) is 5.85. The monoisotopic (exact) mass is 288 g/mol. The molecule has 3 rings (SSSR count). The highest BCUT2D eigenvalue weighted by Crippen LogP contribution is 2.29. The number of hydrogen-bond acceptors (Lipinski definition) is 4. The number of benzene rings is 1. The maximum atomic E-state index is 12.0. The quantitative estimate of drug-likeness (QED) is 0.851. The number of nitrogens with zero attached hydrogens (tertiary/aromatic N) is 1. The van der Waals surface area contributed by atoms with E-state index in [1.165, 1.54) is 10.5 Å². The fraction of sp³-hybridized carbons (Fsp3) is 0.500. The Morgan fingerprint density at radius 3 is 2.90 bits per heavy atom. The number of likely N-dealkylation sites (N-methyl/N-ethyl adjacent to an activating group) is 1. The van der Waals surface area contributed by atoms with Crippen molar-refractivity contribution in [2.24, 2.45) is 0 Å². The lowest BCUT2D eigenvalue weighted by Gasteiger charge is -2.21. The Bertz CT molecular complexity index is 585. The fourth-order valence-corrected chi connectivity index (χ4v) is 3.00. The third kappa shape index (κ3) is 2.53. The number of fused-ring (bicyclic) bond motifs is 1. The Hall–Kier alpha value is -1.88. The highest BCUT2D eigenvalue weighted by Gasteiger charge is 2.37. The third-order valence-electron chi connectivity index (χ3n) is 4.31. The molecule has 0 aromatic heterocycles. The summed E-state index contributed by atoms with van der Waals surface area (Å²) >= 11 is 0. The molecule has 0 saturated carbocycles. The minimum absolute atomic E-state index is 0.0733. The van der Waals surface area contributed by atoms with Crippen LogP contribution in [0.1, 0.15) is 36.9 Å². The molecule has 1 fully saturated rings. The first-order valence-corrected chi connectivity index (χ1v) is 7.42. The van der Waals surface area contributed by atoms with Crippen molar-refractivity contribution in [3.05, 3.63) is 29.3 Å². The lowest BCUT2D eigenvalue weighted by Crippen LogP contribution is -2.39. The lowest BCUT2D eigenvalue weighted by atomic mass is 9.99. The average Bonchev–Trinajstić information content (AvgIpc) is 3.05. The van der Waals surface area contributed by atoms with Crippen LogP contribution in [-0.2, 0) is 16.0 Å². The molecule has 2 aliphatic heterocycles. The van der Waals surface area contributed by atoms with Crippen LogP contribution >= 0.6 is 0 Å². The number of imide groups is 1. The van der Waals surface area contributed by atoms with E-state index in [1.54, 1.807) is 7.05 Å². The first kappa shape index (κ1) is 14.1. The van der Waals surface area contributed by atoms with Gasteiger partial charge in [-0.3, -0.25) is 19.8 Å². The van der Waals surface area contributed by atoms with Crippen LogP contribution in [0.15, 0.2) is 18.2 Å². The van der Waals surface area contributed by atoms with Crippen LogP contribution in [0, 0.1) is 0 Å². The van der Waals surface area contributed by atoms with Gasteiger partial charge in [0, 0.05) is 19.5 Å². The fourth-order valence-electron chi connectivity index (χ4n) is 3.00. The molecule has 5 heteroatoms. The van der Waals surface area contributed by atoms with Crippen molar-refractivity contribution in [2.75, 3.05) is 13.7 Å². The van der Waals surface area contributed by atoms with Crippen LogP contribution < -0.4 is 10.1 Å². The standard InChI is InChI=1S/C16H20N2O3/c1-3-12(17-13-9-15(19)18(2)16(13)20)10-4-5-14-11(8-10)6-7-21-14/h4-5,8,12-13,17H,3,6-7,9H2,1-2H3. The molecule has 2 heterocycles. The molecule has 112 valence electrons. The number of hydrogen-bond donors (Lipinski definition) is 1. The molecule has 5 nitrogen and oxygen atoms in total. The molecule has 1 N–H and O–H groups in total. The van der Waals surface area contributed by atoms with Crippen molar-refractivity contribution in [2.45, 2.75) is 38.3 Å². The normalized spacial score (nSPS) is 22.4. The van der Waals surface area contributed by atoms with Gasteiger partial charge in [-0.1, -0.05) is 19.1 Å². The van der Waals surface area contributed by atoms with Gasteiger partial charge in [-0.15, -0.1) is 0 Å². The largest absolute Gasteiger partial charge is 0.493 e. The van der Waals surface area contributed by atoms with Gasteiger partial charge in [0.05, 0.1) is 19.1 Å². The van der Waals surface area contributed by atoms with E-state index in [-0.39, 0.29) is 24.3 Å². The Morgan fingerprint density at radius 2 is 2.24 bits per heavy atom. The van der Waals surface area contributed by atoms with E-state index < -0.39 is 6.04 Å². The first-order valence-electron chi connectivity index (χ1n) is 7.42. The number of carbonyl (C=O) groups is 2. The molecule has 0 aliphatic carbocycles. The summed E-state index contributed by atoms with van der Waals surface area (Å²) < 4.78 is 5.52. The summed E-state index contributed by atoms with van der Waals surface area (Å²) in [5, 5.41) is 3.33. The van der Waals surface area contributed by atoms with Crippen LogP contribution in [0.2, 0.25) is 0 Å². The van der Waals surface area contributed by atoms with Crippen LogP contribution in [-0.4, -0.2) is 36.4 Å². The van der Waals surface area contributed by atoms with Gasteiger partial charge in [-0.05, 0) is 23.6 Å². The smallest absolute Gasteiger partial charge is 0.246 e. The molecule has 2 unspecified atom stereocenters. The van der Waals surface area contributed by atoms with Crippen LogP contribution in [0.25, 0.3) is 0 Å². The van der Waals surface area contributed by atoms with Crippen molar-refractivity contribution < 1.29 is 14.3 Å². The van der Waals surface area contributed by atoms with Gasteiger partial charge >= 0.3 is 0 Å². The topological polar surface area (TPSA) is 58.6 Å². The van der Waals surface area contributed by atoms with E-state index in [0.29, 0.717) is 0 Å². The van der Waals surface area contributed by atoms with Gasteiger partial charge in [0.2, 0.25) is 11.8 Å². The van der Waals surface area contributed by atoms with Gasteiger partial charge < -0.3 is 4.74 Å². The van der Waals surface area contributed by atoms with Gasteiger partial charge in [-0.2, -0.15) is 0 Å². The summed E-state index contributed by atoms with van der Waals surface area (Å²) in [6.45, 7) is 2.82. The van der Waals surface area contributed by atoms with Gasteiger partial charge in [0.1, 0.15) is 5.75 Å². The number of rotatable bonds is 4.